The lowest BCUT2D eigenvalue weighted by Crippen LogP contribution is -2.28. The SMILES string of the molecule is CC(C)Cn1ncc(NC(=O)NCc2ccc(C(=O)O)cc2)c1C(C)C. The molecule has 3 N–H and O–H groups in total. The van der Waals surface area contributed by atoms with E-state index in [2.05, 4.69) is 43.4 Å². The fourth-order valence-electron chi connectivity index (χ4n) is 2.71. The summed E-state index contributed by atoms with van der Waals surface area (Å²) in [5.74, 6) is -0.278. The fourth-order valence-corrected chi connectivity index (χ4v) is 2.71. The minimum absolute atomic E-state index is 0.220. The summed E-state index contributed by atoms with van der Waals surface area (Å²) < 4.78 is 1.94. The molecule has 26 heavy (non-hydrogen) atoms. The number of nitrogens with zero attached hydrogens (tertiary/aromatic N) is 2. The number of carboxylic acids is 1. The molecule has 0 saturated heterocycles. The summed E-state index contributed by atoms with van der Waals surface area (Å²) in [7, 11) is 0. The summed E-state index contributed by atoms with van der Waals surface area (Å²) >= 11 is 0. The van der Waals surface area contributed by atoms with Crippen LogP contribution in [-0.2, 0) is 13.1 Å². The highest BCUT2D eigenvalue weighted by Crippen LogP contribution is 2.24. The molecule has 0 bridgehead atoms. The predicted octanol–water partition coefficient (Wildman–Crippen LogP) is 3.68. The van der Waals surface area contributed by atoms with Crippen LogP contribution in [0.1, 0.15) is 55.2 Å². The molecule has 1 heterocycles. The minimum atomic E-state index is -0.970. The highest BCUT2D eigenvalue weighted by atomic mass is 16.4. The van der Waals surface area contributed by atoms with Crippen LogP contribution in [0.25, 0.3) is 0 Å². The number of amides is 2. The Morgan fingerprint density at radius 3 is 2.35 bits per heavy atom. The molecule has 7 heteroatoms. The van der Waals surface area contributed by atoms with E-state index in [1.165, 1.54) is 12.1 Å². The third kappa shape index (κ3) is 5.08. The second-order valence-electron chi connectivity index (χ2n) is 6.98. The number of rotatable bonds is 7. The summed E-state index contributed by atoms with van der Waals surface area (Å²) in [6, 6.07) is 6.08. The number of urea groups is 1. The van der Waals surface area contributed by atoms with Crippen LogP contribution in [0.3, 0.4) is 0 Å². The molecule has 7 nitrogen and oxygen atoms in total. The third-order valence-corrected chi connectivity index (χ3v) is 3.87. The topological polar surface area (TPSA) is 96.3 Å². The van der Waals surface area contributed by atoms with Crippen molar-refractivity contribution in [3.05, 3.63) is 47.3 Å². The second-order valence-corrected chi connectivity index (χ2v) is 6.98. The zero-order valence-corrected chi connectivity index (χ0v) is 15.6. The number of hydrogen-bond acceptors (Lipinski definition) is 3. The predicted molar refractivity (Wildman–Crippen MR) is 100 cm³/mol. The number of hydrogen-bond donors (Lipinski definition) is 3. The van der Waals surface area contributed by atoms with Crippen molar-refractivity contribution < 1.29 is 14.7 Å². The Morgan fingerprint density at radius 1 is 1.15 bits per heavy atom. The van der Waals surface area contributed by atoms with Crippen molar-refractivity contribution in [3.63, 3.8) is 0 Å². The van der Waals surface area contributed by atoms with Gasteiger partial charge >= 0.3 is 12.0 Å². The van der Waals surface area contributed by atoms with Gasteiger partial charge in [-0.2, -0.15) is 5.10 Å². The number of carbonyl (C=O) groups excluding carboxylic acids is 1. The quantitative estimate of drug-likeness (QED) is 0.703. The van der Waals surface area contributed by atoms with Gasteiger partial charge in [0.2, 0.25) is 0 Å². The zero-order chi connectivity index (χ0) is 19.3. The van der Waals surface area contributed by atoms with E-state index in [-0.39, 0.29) is 17.5 Å². The third-order valence-electron chi connectivity index (χ3n) is 3.87. The molecule has 2 amide bonds. The second kappa shape index (κ2) is 8.51. The summed E-state index contributed by atoms with van der Waals surface area (Å²) in [5.41, 5.74) is 2.75. The van der Waals surface area contributed by atoms with Crippen molar-refractivity contribution in [2.45, 2.75) is 46.7 Å². The van der Waals surface area contributed by atoms with Gasteiger partial charge in [0.25, 0.3) is 0 Å². The Morgan fingerprint density at radius 2 is 1.81 bits per heavy atom. The molecule has 0 spiro atoms. The number of aromatic nitrogens is 2. The van der Waals surface area contributed by atoms with Crippen LogP contribution in [0.15, 0.2) is 30.5 Å². The van der Waals surface area contributed by atoms with Gasteiger partial charge in [-0.3, -0.25) is 4.68 Å². The fraction of sp³-hybridized carbons (Fsp3) is 0.421. The number of carbonyl (C=O) groups is 2. The lowest BCUT2D eigenvalue weighted by Gasteiger charge is -2.15. The Balaban J connectivity index is 1.99. The molecule has 2 aromatic rings. The van der Waals surface area contributed by atoms with Gasteiger partial charge in [0, 0.05) is 13.1 Å². The molecule has 0 atom stereocenters. The van der Waals surface area contributed by atoms with Gasteiger partial charge in [-0.1, -0.05) is 39.8 Å². The van der Waals surface area contributed by atoms with Gasteiger partial charge in [0.05, 0.1) is 23.1 Å². The maximum absolute atomic E-state index is 12.2. The van der Waals surface area contributed by atoms with E-state index >= 15 is 0 Å². The van der Waals surface area contributed by atoms with E-state index in [1.54, 1.807) is 18.3 Å². The molecule has 0 aliphatic carbocycles. The van der Waals surface area contributed by atoms with Gasteiger partial charge in [-0.25, -0.2) is 9.59 Å². The molecule has 0 unspecified atom stereocenters. The van der Waals surface area contributed by atoms with Gasteiger partial charge in [0.15, 0.2) is 0 Å². The summed E-state index contributed by atoms with van der Waals surface area (Å²) in [6.07, 6.45) is 1.68. The van der Waals surface area contributed by atoms with Crippen molar-refractivity contribution in [2.75, 3.05) is 5.32 Å². The molecular formula is C19H26N4O3. The van der Waals surface area contributed by atoms with E-state index in [0.717, 1.165) is 17.8 Å². The average molecular weight is 358 g/mol. The largest absolute Gasteiger partial charge is 0.478 e. The van der Waals surface area contributed by atoms with Crippen molar-refractivity contribution in [1.82, 2.24) is 15.1 Å². The zero-order valence-electron chi connectivity index (χ0n) is 15.6. The Labute approximate surface area is 153 Å². The first-order valence-corrected chi connectivity index (χ1v) is 8.70. The van der Waals surface area contributed by atoms with Crippen LogP contribution in [0.2, 0.25) is 0 Å². The Hall–Kier alpha value is -2.83. The first-order valence-electron chi connectivity index (χ1n) is 8.70. The van der Waals surface area contributed by atoms with Crippen LogP contribution in [0.4, 0.5) is 10.5 Å². The van der Waals surface area contributed by atoms with Crippen LogP contribution < -0.4 is 10.6 Å². The number of aromatic carboxylic acids is 1. The van der Waals surface area contributed by atoms with E-state index in [4.69, 9.17) is 5.11 Å². The normalized spacial score (nSPS) is 11.0. The lowest BCUT2D eigenvalue weighted by molar-refractivity contribution is 0.0697. The first-order chi connectivity index (χ1) is 12.3. The molecule has 0 aliphatic rings. The molecule has 1 aromatic heterocycles. The van der Waals surface area contributed by atoms with Crippen LogP contribution >= 0.6 is 0 Å². The maximum Gasteiger partial charge on any atom is 0.335 e. The maximum atomic E-state index is 12.2. The van der Waals surface area contributed by atoms with Crippen molar-refractivity contribution in [1.29, 1.82) is 0 Å². The molecular weight excluding hydrogens is 332 g/mol. The van der Waals surface area contributed by atoms with Crippen LogP contribution in [0.5, 0.6) is 0 Å². The van der Waals surface area contributed by atoms with Gasteiger partial charge in [0.1, 0.15) is 0 Å². The van der Waals surface area contributed by atoms with Gasteiger partial charge in [-0.15, -0.1) is 0 Å². The lowest BCUT2D eigenvalue weighted by atomic mass is 10.1. The van der Waals surface area contributed by atoms with E-state index in [0.29, 0.717) is 18.2 Å². The standard InChI is InChI=1S/C19H26N4O3/c1-12(2)11-23-17(13(3)4)16(10-21-23)22-19(26)20-9-14-5-7-15(8-6-14)18(24)25/h5-8,10,12-13H,9,11H2,1-4H3,(H,24,25)(H2,20,22,26). The number of carboxylic acid groups (broad SMARTS) is 1. The molecule has 0 fully saturated rings. The summed E-state index contributed by atoms with van der Waals surface area (Å²) in [6.45, 7) is 9.50. The highest BCUT2D eigenvalue weighted by Gasteiger charge is 2.16. The van der Waals surface area contributed by atoms with Crippen LogP contribution in [0, 0.1) is 5.92 Å². The molecule has 0 saturated carbocycles. The smallest absolute Gasteiger partial charge is 0.335 e. The summed E-state index contributed by atoms with van der Waals surface area (Å²) in [4.78, 5) is 23.1. The number of nitrogens with one attached hydrogen (secondary N) is 2. The van der Waals surface area contributed by atoms with E-state index in [1.807, 2.05) is 4.68 Å². The minimum Gasteiger partial charge on any atom is -0.478 e. The van der Waals surface area contributed by atoms with E-state index in [9.17, 15) is 9.59 Å². The average Bonchev–Trinajstić information content (AvgIpc) is 2.95. The Kier molecular flexibility index (Phi) is 6.38. The molecule has 140 valence electrons. The molecule has 0 aliphatic heterocycles. The van der Waals surface area contributed by atoms with Gasteiger partial charge in [-0.05, 0) is 29.5 Å². The molecule has 2 rings (SSSR count). The first kappa shape index (κ1) is 19.5. The van der Waals surface area contributed by atoms with Crippen molar-refractivity contribution in [2.24, 2.45) is 5.92 Å². The number of anilines is 1. The Bertz CT molecular complexity index is 764. The van der Waals surface area contributed by atoms with Crippen LogP contribution in [-0.4, -0.2) is 26.9 Å². The monoisotopic (exact) mass is 358 g/mol. The van der Waals surface area contributed by atoms with Crippen molar-refractivity contribution in [3.8, 4) is 0 Å². The number of benzene rings is 1. The molecule has 1 aromatic carbocycles. The van der Waals surface area contributed by atoms with Gasteiger partial charge < -0.3 is 15.7 Å². The van der Waals surface area contributed by atoms with E-state index < -0.39 is 5.97 Å². The highest BCUT2D eigenvalue weighted by molar-refractivity contribution is 5.90. The summed E-state index contributed by atoms with van der Waals surface area (Å²) in [5, 5.41) is 18.9. The molecule has 0 radical (unpaired) electrons. The van der Waals surface area contributed by atoms with Crippen molar-refractivity contribution >= 4 is 17.7 Å².